The number of aromatic nitrogens is 2. The zero-order chi connectivity index (χ0) is 19.4. The van der Waals surface area contributed by atoms with Crippen LogP contribution < -0.4 is 5.32 Å². The van der Waals surface area contributed by atoms with Crippen LogP contribution in [0, 0.1) is 19.8 Å². The lowest BCUT2D eigenvalue weighted by Crippen LogP contribution is -2.39. The van der Waals surface area contributed by atoms with Crippen LogP contribution in [-0.2, 0) is 6.54 Å². The van der Waals surface area contributed by atoms with Gasteiger partial charge in [0.25, 0.3) is 5.91 Å². The molecule has 6 heteroatoms. The normalized spacial score (nSPS) is 15.3. The molecule has 0 atom stereocenters. The summed E-state index contributed by atoms with van der Waals surface area (Å²) in [4.78, 5) is 15.1. The van der Waals surface area contributed by atoms with E-state index in [-0.39, 0.29) is 5.91 Å². The number of piperidine rings is 1. The van der Waals surface area contributed by atoms with Crippen LogP contribution in [0.1, 0.15) is 46.6 Å². The van der Waals surface area contributed by atoms with Crippen LogP contribution in [0.25, 0.3) is 0 Å². The minimum atomic E-state index is 0.124. The van der Waals surface area contributed by atoms with Crippen molar-refractivity contribution < 1.29 is 4.79 Å². The van der Waals surface area contributed by atoms with Gasteiger partial charge in [0, 0.05) is 23.8 Å². The maximum atomic E-state index is 13.1. The predicted octanol–water partition coefficient (Wildman–Crippen LogP) is 3.66. The number of nitrogens with zero attached hydrogens (tertiary/aromatic N) is 3. The van der Waals surface area contributed by atoms with Crippen molar-refractivity contribution in [2.45, 2.75) is 39.7 Å². The van der Waals surface area contributed by atoms with Crippen molar-refractivity contribution in [3.63, 3.8) is 0 Å². The number of hydrogen-bond donors (Lipinski definition) is 1. The van der Waals surface area contributed by atoms with E-state index in [4.69, 9.17) is 11.6 Å². The molecule has 1 N–H and O–H groups in total. The molecule has 27 heavy (non-hydrogen) atoms. The molecule has 146 valence electrons. The number of nitrogens with one attached hydrogen (secondary N) is 1. The number of aryl methyl sites for hydroxylation is 1. The van der Waals surface area contributed by atoms with Gasteiger partial charge in [-0.05, 0) is 70.3 Å². The highest BCUT2D eigenvalue weighted by atomic mass is 35.5. The van der Waals surface area contributed by atoms with E-state index >= 15 is 0 Å². The molecule has 0 radical (unpaired) electrons. The van der Waals surface area contributed by atoms with Crippen LogP contribution in [0.5, 0.6) is 0 Å². The molecule has 1 fully saturated rings. The zero-order valence-corrected chi connectivity index (χ0v) is 17.2. The van der Waals surface area contributed by atoms with Gasteiger partial charge in [0.15, 0.2) is 0 Å². The van der Waals surface area contributed by atoms with Crippen LogP contribution in [0.15, 0.2) is 24.3 Å². The average molecular weight is 389 g/mol. The highest BCUT2D eigenvalue weighted by Gasteiger charge is 2.27. The predicted molar refractivity (Wildman–Crippen MR) is 109 cm³/mol. The van der Waals surface area contributed by atoms with Gasteiger partial charge in [0.1, 0.15) is 0 Å². The summed E-state index contributed by atoms with van der Waals surface area (Å²) in [5.41, 5.74) is 3.63. The SMILES string of the molecule is CNCCC1CCN(C(=O)c2c(C)nn(Cc3ccc(Cl)cc3)c2C)CC1. The molecule has 1 aliphatic heterocycles. The molecule has 0 aliphatic carbocycles. The molecule has 2 aromatic rings. The lowest BCUT2D eigenvalue weighted by molar-refractivity contribution is 0.0685. The first-order chi connectivity index (χ1) is 13.0. The second kappa shape index (κ2) is 8.89. The summed E-state index contributed by atoms with van der Waals surface area (Å²) in [6.07, 6.45) is 3.37. The fourth-order valence-electron chi connectivity index (χ4n) is 3.85. The van der Waals surface area contributed by atoms with Gasteiger partial charge in [0.2, 0.25) is 0 Å². The van der Waals surface area contributed by atoms with E-state index in [2.05, 4.69) is 10.4 Å². The monoisotopic (exact) mass is 388 g/mol. The number of halogens is 1. The summed E-state index contributed by atoms with van der Waals surface area (Å²) in [7, 11) is 1.99. The van der Waals surface area contributed by atoms with Crippen molar-refractivity contribution in [3.8, 4) is 0 Å². The topological polar surface area (TPSA) is 50.2 Å². The first kappa shape index (κ1) is 19.9. The van der Waals surface area contributed by atoms with E-state index in [1.807, 2.05) is 54.7 Å². The number of carbonyl (C=O) groups is 1. The van der Waals surface area contributed by atoms with Gasteiger partial charge in [-0.3, -0.25) is 9.48 Å². The van der Waals surface area contributed by atoms with Gasteiger partial charge < -0.3 is 10.2 Å². The second-order valence-corrected chi connectivity index (χ2v) is 7.89. The Labute approximate surface area is 166 Å². The minimum Gasteiger partial charge on any atom is -0.339 e. The molecule has 2 heterocycles. The third-order valence-corrected chi connectivity index (χ3v) is 5.80. The Morgan fingerprint density at radius 3 is 2.52 bits per heavy atom. The van der Waals surface area contributed by atoms with Gasteiger partial charge in [0.05, 0.1) is 17.8 Å². The van der Waals surface area contributed by atoms with E-state index in [0.717, 1.165) is 65.9 Å². The van der Waals surface area contributed by atoms with Gasteiger partial charge >= 0.3 is 0 Å². The summed E-state index contributed by atoms with van der Waals surface area (Å²) in [5, 5.41) is 8.57. The first-order valence-corrected chi connectivity index (χ1v) is 10.1. The highest BCUT2D eigenvalue weighted by molar-refractivity contribution is 6.30. The van der Waals surface area contributed by atoms with Gasteiger partial charge in [-0.25, -0.2) is 0 Å². The lowest BCUT2D eigenvalue weighted by Gasteiger charge is -2.32. The first-order valence-electron chi connectivity index (χ1n) is 9.72. The van der Waals surface area contributed by atoms with Crippen molar-refractivity contribution in [2.24, 2.45) is 5.92 Å². The zero-order valence-electron chi connectivity index (χ0n) is 16.5. The molecule has 1 aliphatic rings. The number of carbonyl (C=O) groups excluding carboxylic acids is 1. The molecule has 0 unspecified atom stereocenters. The molecule has 5 nitrogen and oxygen atoms in total. The molecule has 0 bridgehead atoms. The standard InChI is InChI=1S/C21H29ClN4O/c1-15-20(21(27)25-12-9-17(10-13-25)8-11-23-3)16(2)26(24-15)14-18-4-6-19(22)7-5-18/h4-7,17,23H,8-14H2,1-3H3. The lowest BCUT2D eigenvalue weighted by atomic mass is 9.93. The molecule has 3 rings (SSSR count). The van der Waals surface area contributed by atoms with Crippen LogP contribution >= 0.6 is 11.6 Å². The van der Waals surface area contributed by atoms with E-state index in [1.165, 1.54) is 6.42 Å². The summed E-state index contributed by atoms with van der Waals surface area (Å²) in [5.74, 6) is 0.843. The van der Waals surface area contributed by atoms with Crippen LogP contribution in [0.2, 0.25) is 5.02 Å². The summed E-state index contributed by atoms with van der Waals surface area (Å²) in [6.45, 7) is 7.29. The summed E-state index contributed by atoms with van der Waals surface area (Å²) >= 11 is 5.96. The second-order valence-electron chi connectivity index (χ2n) is 7.46. The Kier molecular flexibility index (Phi) is 6.55. The van der Waals surface area contributed by atoms with Gasteiger partial charge in [-0.15, -0.1) is 0 Å². The molecule has 1 saturated heterocycles. The van der Waals surface area contributed by atoms with Crippen molar-refractivity contribution in [1.29, 1.82) is 0 Å². The number of amides is 1. The van der Waals surface area contributed by atoms with Crippen LogP contribution in [0.3, 0.4) is 0 Å². The smallest absolute Gasteiger partial charge is 0.257 e. The van der Waals surface area contributed by atoms with E-state index in [1.54, 1.807) is 0 Å². The maximum Gasteiger partial charge on any atom is 0.257 e. The van der Waals surface area contributed by atoms with E-state index in [9.17, 15) is 4.79 Å². The summed E-state index contributed by atoms with van der Waals surface area (Å²) < 4.78 is 1.92. The summed E-state index contributed by atoms with van der Waals surface area (Å²) in [6, 6.07) is 7.76. The highest BCUT2D eigenvalue weighted by Crippen LogP contribution is 2.24. The molecule has 0 spiro atoms. The van der Waals surface area contributed by atoms with Crippen molar-refractivity contribution >= 4 is 17.5 Å². The fraction of sp³-hybridized carbons (Fsp3) is 0.524. The van der Waals surface area contributed by atoms with E-state index < -0.39 is 0 Å². The van der Waals surface area contributed by atoms with Crippen molar-refractivity contribution in [2.75, 3.05) is 26.7 Å². The Morgan fingerprint density at radius 1 is 1.22 bits per heavy atom. The molecule has 0 saturated carbocycles. The third kappa shape index (κ3) is 4.71. The number of likely N-dealkylation sites (tertiary alicyclic amines) is 1. The van der Waals surface area contributed by atoms with Crippen molar-refractivity contribution in [1.82, 2.24) is 20.0 Å². The van der Waals surface area contributed by atoms with Crippen LogP contribution in [0.4, 0.5) is 0 Å². The third-order valence-electron chi connectivity index (χ3n) is 5.55. The van der Waals surface area contributed by atoms with Crippen LogP contribution in [-0.4, -0.2) is 47.3 Å². The van der Waals surface area contributed by atoms with E-state index in [0.29, 0.717) is 6.54 Å². The fourth-order valence-corrected chi connectivity index (χ4v) is 3.98. The molecule has 1 aromatic carbocycles. The Bertz CT molecular complexity index is 776. The molecular weight excluding hydrogens is 360 g/mol. The number of benzene rings is 1. The minimum absolute atomic E-state index is 0.124. The molecule has 1 amide bonds. The Hall–Kier alpha value is -1.85. The van der Waals surface area contributed by atoms with Gasteiger partial charge in [-0.2, -0.15) is 5.10 Å². The number of rotatable bonds is 6. The Morgan fingerprint density at radius 2 is 1.89 bits per heavy atom. The molecule has 1 aromatic heterocycles. The largest absolute Gasteiger partial charge is 0.339 e. The maximum absolute atomic E-state index is 13.1. The number of hydrogen-bond acceptors (Lipinski definition) is 3. The van der Waals surface area contributed by atoms with Gasteiger partial charge in [-0.1, -0.05) is 23.7 Å². The van der Waals surface area contributed by atoms with Crippen molar-refractivity contribution in [3.05, 3.63) is 51.8 Å². The Balaban J connectivity index is 1.69. The quantitative estimate of drug-likeness (QED) is 0.821. The molecular formula is C21H29ClN4O. The average Bonchev–Trinajstić information content (AvgIpc) is 2.95.